The molecule has 1 amide bonds. The Morgan fingerprint density at radius 2 is 2.29 bits per heavy atom. The van der Waals surface area contributed by atoms with Gasteiger partial charge in [0.2, 0.25) is 0 Å². The minimum atomic E-state index is 0.0242. The lowest BCUT2D eigenvalue weighted by molar-refractivity contribution is 0.0463. The molecule has 24 heavy (non-hydrogen) atoms. The van der Waals surface area contributed by atoms with E-state index in [1.54, 1.807) is 5.51 Å². The molecule has 0 unspecified atom stereocenters. The molecule has 1 atom stereocenters. The average molecular weight is 349 g/mol. The van der Waals surface area contributed by atoms with Gasteiger partial charge in [0, 0.05) is 37.6 Å². The summed E-state index contributed by atoms with van der Waals surface area (Å²) in [5, 5.41) is 13.8. The number of rotatable bonds is 6. The highest BCUT2D eigenvalue weighted by atomic mass is 32.1. The SMILES string of the molecule is CCCCn1nnnc1CN1CCN(C(=O)c2cscn2)[C@@H](C)C1. The number of hydrogen-bond acceptors (Lipinski definition) is 7. The molecule has 9 heteroatoms. The van der Waals surface area contributed by atoms with Crippen LogP contribution < -0.4 is 0 Å². The highest BCUT2D eigenvalue weighted by Crippen LogP contribution is 2.15. The van der Waals surface area contributed by atoms with Crippen LogP contribution in [0.25, 0.3) is 0 Å². The van der Waals surface area contributed by atoms with E-state index in [4.69, 9.17) is 0 Å². The average Bonchev–Trinajstić information content (AvgIpc) is 3.24. The van der Waals surface area contributed by atoms with Gasteiger partial charge in [-0.05, 0) is 23.8 Å². The van der Waals surface area contributed by atoms with E-state index in [2.05, 4.69) is 39.3 Å². The molecule has 0 spiro atoms. The van der Waals surface area contributed by atoms with Crippen molar-refractivity contribution in [3.63, 3.8) is 0 Å². The first-order chi connectivity index (χ1) is 11.7. The van der Waals surface area contributed by atoms with Crippen molar-refractivity contribution in [1.82, 2.24) is 35.0 Å². The molecule has 1 saturated heterocycles. The van der Waals surface area contributed by atoms with Gasteiger partial charge in [-0.25, -0.2) is 9.67 Å². The lowest BCUT2D eigenvalue weighted by atomic mass is 10.1. The zero-order chi connectivity index (χ0) is 16.9. The van der Waals surface area contributed by atoms with Crippen molar-refractivity contribution in [3.05, 3.63) is 22.4 Å². The maximum atomic E-state index is 12.5. The van der Waals surface area contributed by atoms with Gasteiger partial charge in [0.15, 0.2) is 5.82 Å². The second-order valence-corrected chi connectivity index (χ2v) is 6.85. The van der Waals surface area contributed by atoms with Crippen LogP contribution in [0.4, 0.5) is 0 Å². The van der Waals surface area contributed by atoms with Crippen molar-refractivity contribution in [2.45, 2.75) is 45.8 Å². The Labute approximate surface area is 145 Å². The van der Waals surface area contributed by atoms with Gasteiger partial charge in [-0.15, -0.1) is 16.4 Å². The number of carbonyl (C=O) groups excluding carboxylic acids is 1. The van der Waals surface area contributed by atoms with Gasteiger partial charge in [0.1, 0.15) is 5.69 Å². The number of unbranched alkanes of at least 4 members (excludes halogenated alkanes) is 1. The fourth-order valence-electron chi connectivity index (χ4n) is 2.96. The van der Waals surface area contributed by atoms with Crippen molar-refractivity contribution in [3.8, 4) is 0 Å². The number of piperazine rings is 1. The number of aromatic nitrogens is 5. The predicted molar refractivity (Wildman–Crippen MR) is 90.6 cm³/mol. The van der Waals surface area contributed by atoms with Gasteiger partial charge in [-0.1, -0.05) is 13.3 Å². The summed E-state index contributed by atoms with van der Waals surface area (Å²) in [6, 6.07) is 0.146. The van der Waals surface area contributed by atoms with E-state index in [1.807, 2.05) is 15.0 Å². The molecule has 2 aromatic heterocycles. The first kappa shape index (κ1) is 17.0. The van der Waals surface area contributed by atoms with Crippen LogP contribution in [0.1, 0.15) is 43.0 Å². The number of tetrazole rings is 1. The number of aryl methyl sites for hydroxylation is 1. The lowest BCUT2D eigenvalue weighted by Crippen LogP contribution is -2.53. The Morgan fingerprint density at radius 1 is 1.42 bits per heavy atom. The molecule has 8 nitrogen and oxygen atoms in total. The van der Waals surface area contributed by atoms with Crippen LogP contribution in [0, 0.1) is 0 Å². The summed E-state index contributed by atoms with van der Waals surface area (Å²) in [7, 11) is 0. The smallest absolute Gasteiger partial charge is 0.273 e. The highest BCUT2D eigenvalue weighted by molar-refractivity contribution is 7.07. The number of hydrogen-bond donors (Lipinski definition) is 0. The Hall–Kier alpha value is -1.87. The van der Waals surface area contributed by atoms with Gasteiger partial charge in [-0.3, -0.25) is 9.69 Å². The monoisotopic (exact) mass is 349 g/mol. The van der Waals surface area contributed by atoms with Gasteiger partial charge in [0.25, 0.3) is 5.91 Å². The van der Waals surface area contributed by atoms with Crippen LogP contribution in [-0.4, -0.2) is 66.6 Å². The normalized spacial score (nSPS) is 18.9. The molecule has 0 N–H and O–H groups in total. The third kappa shape index (κ3) is 3.78. The summed E-state index contributed by atoms with van der Waals surface area (Å²) in [5.74, 6) is 0.922. The highest BCUT2D eigenvalue weighted by Gasteiger charge is 2.29. The van der Waals surface area contributed by atoms with Crippen molar-refractivity contribution in [2.75, 3.05) is 19.6 Å². The maximum absolute atomic E-state index is 12.5. The summed E-state index contributed by atoms with van der Waals surface area (Å²) in [6.45, 7) is 8.16. The first-order valence-electron chi connectivity index (χ1n) is 8.35. The lowest BCUT2D eigenvalue weighted by Gasteiger charge is -2.39. The Bertz CT molecular complexity index is 657. The fourth-order valence-corrected chi connectivity index (χ4v) is 3.49. The largest absolute Gasteiger partial charge is 0.332 e. The molecular formula is C15H23N7OS. The molecule has 0 bridgehead atoms. The molecule has 1 fully saturated rings. The molecule has 1 aliphatic rings. The van der Waals surface area contributed by atoms with Gasteiger partial charge >= 0.3 is 0 Å². The molecule has 2 aromatic rings. The van der Waals surface area contributed by atoms with Crippen LogP contribution in [0.2, 0.25) is 0 Å². The molecule has 0 aromatic carbocycles. The van der Waals surface area contributed by atoms with E-state index in [0.717, 1.165) is 44.8 Å². The third-order valence-electron chi connectivity index (χ3n) is 4.32. The second kappa shape index (κ2) is 7.80. The first-order valence-corrected chi connectivity index (χ1v) is 9.30. The Morgan fingerprint density at radius 3 is 3.00 bits per heavy atom. The van der Waals surface area contributed by atoms with Crippen molar-refractivity contribution in [1.29, 1.82) is 0 Å². The topological polar surface area (TPSA) is 80.0 Å². The van der Waals surface area contributed by atoms with E-state index in [0.29, 0.717) is 12.2 Å². The van der Waals surface area contributed by atoms with Crippen LogP contribution in [-0.2, 0) is 13.1 Å². The zero-order valence-electron chi connectivity index (χ0n) is 14.1. The van der Waals surface area contributed by atoms with Crippen LogP contribution in [0.5, 0.6) is 0 Å². The van der Waals surface area contributed by atoms with Crippen molar-refractivity contribution in [2.24, 2.45) is 0 Å². The standard InChI is InChI=1S/C15H23N7OS/c1-3-4-5-22-14(17-18-19-22)9-20-6-7-21(12(2)8-20)15(23)13-10-24-11-16-13/h10-12H,3-9H2,1-2H3/t12-/m0/s1. The van der Waals surface area contributed by atoms with Crippen molar-refractivity contribution < 1.29 is 4.79 Å². The minimum absolute atomic E-state index is 0.0242. The van der Waals surface area contributed by atoms with E-state index in [9.17, 15) is 4.79 Å². The molecule has 130 valence electrons. The summed E-state index contributed by atoms with van der Waals surface area (Å²) in [5.41, 5.74) is 2.24. The van der Waals surface area contributed by atoms with Gasteiger partial charge < -0.3 is 4.90 Å². The quantitative estimate of drug-likeness (QED) is 0.781. The van der Waals surface area contributed by atoms with Gasteiger partial charge in [0.05, 0.1) is 12.1 Å². The molecule has 0 saturated carbocycles. The Kier molecular flexibility index (Phi) is 5.52. The van der Waals surface area contributed by atoms with Crippen LogP contribution in [0.15, 0.2) is 10.9 Å². The molecular weight excluding hydrogens is 326 g/mol. The predicted octanol–water partition coefficient (Wildman–Crippen LogP) is 1.28. The number of carbonyl (C=O) groups is 1. The number of thiazole rings is 1. The molecule has 0 radical (unpaired) electrons. The Balaban J connectivity index is 1.58. The molecule has 0 aliphatic carbocycles. The fraction of sp³-hybridized carbons (Fsp3) is 0.667. The van der Waals surface area contributed by atoms with Crippen LogP contribution >= 0.6 is 11.3 Å². The van der Waals surface area contributed by atoms with E-state index in [1.165, 1.54) is 11.3 Å². The number of nitrogens with zero attached hydrogens (tertiary/aromatic N) is 7. The summed E-state index contributed by atoms with van der Waals surface area (Å²) in [4.78, 5) is 20.8. The summed E-state index contributed by atoms with van der Waals surface area (Å²) in [6.07, 6.45) is 2.19. The number of amides is 1. The molecule has 3 heterocycles. The molecule has 1 aliphatic heterocycles. The minimum Gasteiger partial charge on any atom is -0.332 e. The van der Waals surface area contributed by atoms with E-state index in [-0.39, 0.29) is 11.9 Å². The zero-order valence-corrected chi connectivity index (χ0v) is 14.9. The van der Waals surface area contributed by atoms with E-state index >= 15 is 0 Å². The van der Waals surface area contributed by atoms with Crippen LogP contribution in [0.3, 0.4) is 0 Å². The summed E-state index contributed by atoms with van der Waals surface area (Å²) >= 11 is 1.45. The van der Waals surface area contributed by atoms with Crippen molar-refractivity contribution >= 4 is 17.2 Å². The second-order valence-electron chi connectivity index (χ2n) is 6.13. The van der Waals surface area contributed by atoms with Gasteiger partial charge in [-0.2, -0.15) is 0 Å². The molecule has 3 rings (SSSR count). The van der Waals surface area contributed by atoms with E-state index < -0.39 is 0 Å². The summed E-state index contributed by atoms with van der Waals surface area (Å²) < 4.78 is 1.89. The third-order valence-corrected chi connectivity index (χ3v) is 4.90. The maximum Gasteiger partial charge on any atom is 0.273 e.